The Morgan fingerprint density at radius 3 is 2.61 bits per heavy atom. The van der Waals surface area contributed by atoms with Crippen LogP contribution in [-0.2, 0) is 21.4 Å². The number of hydrogen-bond acceptors (Lipinski definition) is 6. The number of hydrogen-bond donors (Lipinski definition) is 1. The standard InChI is InChI=1S/C24H23N3O6/c1-15-22(24(30)27(26(15)3)18-7-5-4-6-8-18)25-23(29)16(2)33-21(28)12-10-17-9-11-19-20(13-17)32-14-31-19/h4-13,16H,14H2,1-3H3,(H,25,29)/b12-10+/t16-/m0/s1. The molecule has 0 saturated heterocycles. The highest BCUT2D eigenvalue weighted by molar-refractivity contribution is 5.97. The molecule has 1 aliphatic heterocycles. The maximum absolute atomic E-state index is 12.9. The van der Waals surface area contributed by atoms with Gasteiger partial charge in [-0.05, 0) is 49.8 Å². The maximum Gasteiger partial charge on any atom is 0.331 e. The predicted molar refractivity (Wildman–Crippen MR) is 122 cm³/mol. The van der Waals surface area contributed by atoms with Crippen LogP contribution < -0.4 is 20.3 Å². The molecule has 0 aliphatic carbocycles. The van der Waals surface area contributed by atoms with E-state index < -0.39 is 18.0 Å². The van der Waals surface area contributed by atoms with Crippen molar-refractivity contribution >= 4 is 23.6 Å². The summed E-state index contributed by atoms with van der Waals surface area (Å²) in [6.07, 6.45) is 1.66. The molecule has 1 N–H and O–H groups in total. The lowest BCUT2D eigenvalue weighted by Crippen LogP contribution is -2.31. The quantitative estimate of drug-likeness (QED) is 0.459. The molecule has 0 bridgehead atoms. The van der Waals surface area contributed by atoms with Crippen molar-refractivity contribution in [1.29, 1.82) is 0 Å². The minimum absolute atomic E-state index is 0.130. The maximum atomic E-state index is 12.9. The van der Waals surface area contributed by atoms with Gasteiger partial charge in [0.1, 0.15) is 5.69 Å². The summed E-state index contributed by atoms with van der Waals surface area (Å²) in [4.78, 5) is 37.7. The summed E-state index contributed by atoms with van der Waals surface area (Å²) in [5.41, 5.74) is 1.70. The van der Waals surface area contributed by atoms with Gasteiger partial charge in [0.2, 0.25) is 6.79 Å². The molecular weight excluding hydrogens is 426 g/mol. The fraction of sp³-hybridized carbons (Fsp3) is 0.208. The third-order valence-corrected chi connectivity index (χ3v) is 5.27. The molecule has 33 heavy (non-hydrogen) atoms. The van der Waals surface area contributed by atoms with Crippen LogP contribution in [0, 0.1) is 6.92 Å². The van der Waals surface area contributed by atoms with Crippen molar-refractivity contribution in [2.24, 2.45) is 7.05 Å². The van der Waals surface area contributed by atoms with Gasteiger partial charge in [-0.3, -0.25) is 14.3 Å². The third-order valence-electron chi connectivity index (χ3n) is 5.27. The smallest absolute Gasteiger partial charge is 0.331 e. The molecule has 1 aromatic heterocycles. The van der Waals surface area contributed by atoms with Gasteiger partial charge in [-0.1, -0.05) is 24.3 Å². The number of rotatable bonds is 6. The molecule has 2 aromatic carbocycles. The monoisotopic (exact) mass is 449 g/mol. The highest BCUT2D eigenvalue weighted by atomic mass is 16.7. The molecule has 1 atom stereocenters. The number of esters is 1. The highest BCUT2D eigenvalue weighted by Crippen LogP contribution is 2.32. The molecule has 4 rings (SSSR count). The fourth-order valence-electron chi connectivity index (χ4n) is 3.39. The van der Waals surface area contributed by atoms with Crippen LogP contribution in [0.4, 0.5) is 5.69 Å². The van der Waals surface area contributed by atoms with Crippen molar-refractivity contribution in [2.75, 3.05) is 12.1 Å². The van der Waals surface area contributed by atoms with Gasteiger partial charge in [-0.15, -0.1) is 0 Å². The van der Waals surface area contributed by atoms with Crippen molar-refractivity contribution in [3.8, 4) is 17.2 Å². The third kappa shape index (κ3) is 4.52. The van der Waals surface area contributed by atoms with Crippen molar-refractivity contribution in [2.45, 2.75) is 20.0 Å². The number of fused-ring (bicyclic) bond motifs is 1. The summed E-state index contributed by atoms with van der Waals surface area (Å²) in [6, 6.07) is 14.3. The Labute approximate surface area is 189 Å². The van der Waals surface area contributed by atoms with Crippen LogP contribution in [0.15, 0.2) is 59.4 Å². The average molecular weight is 449 g/mol. The number of carbonyl (C=O) groups is 2. The first-order valence-electron chi connectivity index (χ1n) is 10.3. The van der Waals surface area contributed by atoms with Crippen LogP contribution in [0.5, 0.6) is 11.5 Å². The molecule has 0 radical (unpaired) electrons. The molecule has 0 fully saturated rings. The largest absolute Gasteiger partial charge is 0.454 e. The van der Waals surface area contributed by atoms with Crippen molar-refractivity contribution in [3.63, 3.8) is 0 Å². The molecule has 1 amide bonds. The van der Waals surface area contributed by atoms with Crippen molar-refractivity contribution in [3.05, 3.63) is 76.2 Å². The zero-order valence-corrected chi connectivity index (χ0v) is 18.4. The minimum Gasteiger partial charge on any atom is -0.454 e. The summed E-state index contributed by atoms with van der Waals surface area (Å²) in [7, 11) is 1.73. The van der Waals surface area contributed by atoms with Gasteiger partial charge in [-0.2, -0.15) is 0 Å². The topological polar surface area (TPSA) is 101 Å². The van der Waals surface area contributed by atoms with E-state index in [9.17, 15) is 14.4 Å². The van der Waals surface area contributed by atoms with E-state index in [1.807, 2.05) is 18.2 Å². The van der Waals surface area contributed by atoms with Gasteiger partial charge >= 0.3 is 5.97 Å². The van der Waals surface area contributed by atoms with E-state index >= 15 is 0 Å². The van der Waals surface area contributed by atoms with E-state index in [-0.39, 0.29) is 18.0 Å². The molecule has 9 heteroatoms. The van der Waals surface area contributed by atoms with Crippen LogP contribution >= 0.6 is 0 Å². The zero-order chi connectivity index (χ0) is 23.5. The van der Waals surface area contributed by atoms with E-state index in [0.717, 1.165) is 5.56 Å². The molecule has 9 nitrogen and oxygen atoms in total. The molecular formula is C24H23N3O6. The second-order valence-electron chi connectivity index (χ2n) is 7.45. The number of carbonyl (C=O) groups excluding carboxylic acids is 2. The van der Waals surface area contributed by atoms with Gasteiger partial charge in [0, 0.05) is 13.1 Å². The normalized spacial score (nSPS) is 13.2. The van der Waals surface area contributed by atoms with Crippen LogP contribution in [0.2, 0.25) is 0 Å². The Balaban J connectivity index is 1.42. The number of benzene rings is 2. The number of aromatic nitrogens is 2. The second kappa shape index (κ2) is 9.07. The fourth-order valence-corrected chi connectivity index (χ4v) is 3.39. The number of anilines is 1. The van der Waals surface area contributed by atoms with Crippen LogP contribution in [-0.4, -0.2) is 34.1 Å². The minimum atomic E-state index is -1.11. The van der Waals surface area contributed by atoms with Crippen LogP contribution in [0.1, 0.15) is 18.2 Å². The van der Waals surface area contributed by atoms with Gasteiger partial charge < -0.3 is 19.5 Å². The Bertz CT molecular complexity index is 1290. The Morgan fingerprint density at radius 2 is 1.85 bits per heavy atom. The van der Waals surface area contributed by atoms with Crippen molar-refractivity contribution < 1.29 is 23.8 Å². The van der Waals surface area contributed by atoms with E-state index in [1.165, 1.54) is 17.7 Å². The van der Waals surface area contributed by atoms with E-state index in [2.05, 4.69) is 5.32 Å². The van der Waals surface area contributed by atoms with Crippen LogP contribution in [0.25, 0.3) is 11.8 Å². The number of ether oxygens (including phenoxy) is 3. The Kier molecular flexibility index (Phi) is 6.03. The summed E-state index contributed by atoms with van der Waals surface area (Å²) in [5.74, 6) is -0.0622. The van der Waals surface area contributed by atoms with Crippen LogP contribution in [0.3, 0.4) is 0 Å². The first kappa shape index (κ1) is 21.9. The molecule has 170 valence electrons. The molecule has 1 aliphatic rings. The van der Waals surface area contributed by atoms with Gasteiger partial charge in [-0.25, -0.2) is 9.48 Å². The van der Waals surface area contributed by atoms with E-state index in [1.54, 1.807) is 55.1 Å². The Hall–Kier alpha value is -4.27. The summed E-state index contributed by atoms with van der Waals surface area (Å²) in [6.45, 7) is 3.32. The first-order chi connectivity index (χ1) is 15.8. The second-order valence-corrected chi connectivity index (χ2v) is 7.45. The number of amides is 1. The lowest BCUT2D eigenvalue weighted by atomic mass is 10.2. The summed E-state index contributed by atoms with van der Waals surface area (Å²) < 4.78 is 18.8. The number of nitrogens with zero attached hydrogens (tertiary/aromatic N) is 2. The molecule has 2 heterocycles. The lowest BCUT2D eigenvalue weighted by molar-refractivity contribution is -0.148. The average Bonchev–Trinajstić information content (AvgIpc) is 3.36. The highest BCUT2D eigenvalue weighted by Gasteiger charge is 2.22. The van der Waals surface area contributed by atoms with E-state index in [0.29, 0.717) is 22.9 Å². The summed E-state index contributed by atoms with van der Waals surface area (Å²) >= 11 is 0. The summed E-state index contributed by atoms with van der Waals surface area (Å²) in [5, 5.41) is 2.59. The lowest BCUT2D eigenvalue weighted by Gasteiger charge is -2.11. The number of para-hydroxylation sites is 1. The number of nitrogens with one attached hydrogen (secondary N) is 1. The molecule has 3 aromatic rings. The zero-order valence-electron chi connectivity index (χ0n) is 18.4. The SMILES string of the molecule is Cc1c(NC(=O)[C@H](C)OC(=O)/C=C/c2ccc3c(c2)OCO3)c(=O)n(-c2ccccc2)n1C. The predicted octanol–water partition coefficient (Wildman–Crippen LogP) is 2.80. The van der Waals surface area contributed by atoms with Crippen molar-refractivity contribution in [1.82, 2.24) is 9.36 Å². The van der Waals surface area contributed by atoms with Gasteiger partial charge in [0.15, 0.2) is 17.6 Å². The Morgan fingerprint density at radius 1 is 1.12 bits per heavy atom. The molecule has 0 spiro atoms. The van der Waals surface area contributed by atoms with E-state index in [4.69, 9.17) is 14.2 Å². The first-order valence-corrected chi connectivity index (χ1v) is 10.3. The van der Waals surface area contributed by atoms with Gasteiger partial charge in [0.25, 0.3) is 11.5 Å². The molecule has 0 saturated carbocycles. The van der Waals surface area contributed by atoms with Gasteiger partial charge in [0.05, 0.1) is 11.4 Å². The molecule has 0 unspecified atom stereocenters.